The van der Waals surface area contributed by atoms with Crippen molar-refractivity contribution in [2.75, 3.05) is 26.0 Å². The van der Waals surface area contributed by atoms with Gasteiger partial charge in [0.05, 0.1) is 11.5 Å². The van der Waals surface area contributed by atoms with Crippen LogP contribution in [0.25, 0.3) is 0 Å². The third-order valence-corrected chi connectivity index (χ3v) is 5.33. The van der Waals surface area contributed by atoms with E-state index >= 15 is 0 Å². The zero-order valence-electron chi connectivity index (χ0n) is 14.7. The van der Waals surface area contributed by atoms with Gasteiger partial charge in [-0.05, 0) is 56.1 Å². The van der Waals surface area contributed by atoms with Gasteiger partial charge in [-0.1, -0.05) is 6.92 Å². The molecule has 2 rings (SSSR count). The number of halogens is 1. The molecule has 1 amide bonds. The Labute approximate surface area is 156 Å². The molecule has 0 radical (unpaired) electrons. The van der Waals surface area contributed by atoms with Gasteiger partial charge in [0.25, 0.3) is 0 Å². The fourth-order valence-corrected chi connectivity index (χ4v) is 3.34. The van der Waals surface area contributed by atoms with Crippen LogP contribution in [0, 0.1) is 5.92 Å². The molecule has 0 aliphatic carbocycles. The molecule has 8 heteroatoms. The Morgan fingerprint density at radius 3 is 2.60 bits per heavy atom. The van der Waals surface area contributed by atoms with E-state index in [1.54, 1.807) is 12.1 Å². The van der Waals surface area contributed by atoms with Gasteiger partial charge in [-0.3, -0.25) is 4.79 Å². The molecule has 2 N–H and O–H groups in total. The molecule has 1 aromatic rings. The molecule has 2 unspecified atom stereocenters. The maximum atomic E-state index is 12.0. The lowest BCUT2D eigenvalue weighted by molar-refractivity contribution is -0.122. The predicted molar refractivity (Wildman–Crippen MR) is 100 cm³/mol. The van der Waals surface area contributed by atoms with E-state index in [1.165, 1.54) is 18.4 Å². The van der Waals surface area contributed by atoms with Crippen molar-refractivity contribution in [2.45, 2.75) is 37.1 Å². The van der Waals surface area contributed by atoms with Crippen LogP contribution in [-0.2, 0) is 14.6 Å². The second-order valence-corrected chi connectivity index (χ2v) is 8.36. The summed E-state index contributed by atoms with van der Waals surface area (Å²) in [5.41, 5.74) is 0. The van der Waals surface area contributed by atoms with E-state index in [0.717, 1.165) is 19.5 Å². The molecule has 6 nitrogen and oxygen atoms in total. The SMILES string of the molecule is CC1CNCCC1NC(=O)CCCOc1ccc(S(C)(=O)=O)cc1.Cl. The second kappa shape index (κ2) is 9.99. The first kappa shape index (κ1) is 21.7. The smallest absolute Gasteiger partial charge is 0.220 e. The van der Waals surface area contributed by atoms with E-state index in [0.29, 0.717) is 31.1 Å². The molecule has 0 bridgehead atoms. The van der Waals surface area contributed by atoms with Gasteiger partial charge in [-0.2, -0.15) is 0 Å². The van der Waals surface area contributed by atoms with Gasteiger partial charge in [0, 0.05) is 18.7 Å². The Morgan fingerprint density at radius 1 is 1.32 bits per heavy atom. The van der Waals surface area contributed by atoms with E-state index in [4.69, 9.17) is 4.74 Å². The maximum Gasteiger partial charge on any atom is 0.220 e. The number of piperidine rings is 1. The third kappa shape index (κ3) is 7.22. The summed E-state index contributed by atoms with van der Waals surface area (Å²) < 4.78 is 28.3. The summed E-state index contributed by atoms with van der Waals surface area (Å²) in [7, 11) is -3.19. The monoisotopic (exact) mass is 390 g/mol. The summed E-state index contributed by atoms with van der Waals surface area (Å²) in [6.07, 6.45) is 3.19. The number of rotatable bonds is 7. The third-order valence-electron chi connectivity index (χ3n) is 4.20. The van der Waals surface area contributed by atoms with Gasteiger partial charge >= 0.3 is 0 Å². The number of amides is 1. The number of nitrogens with one attached hydrogen (secondary N) is 2. The van der Waals surface area contributed by atoms with Crippen LogP contribution in [0.15, 0.2) is 29.2 Å². The van der Waals surface area contributed by atoms with Crippen LogP contribution in [0.1, 0.15) is 26.2 Å². The fourth-order valence-electron chi connectivity index (χ4n) is 2.71. The molecule has 142 valence electrons. The lowest BCUT2D eigenvalue weighted by Gasteiger charge is -2.30. The minimum absolute atomic E-state index is 0. The minimum Gasteiger partial charge on any atom is -0.494 e. The summed E-state index contributed by atoms with van der Waals surface area (Å²) in [5, 5.41) is 6.40. The number of hydrogen-bond acceptors (Lipinski definition) is 5. The number of carbonyl (C=O) groups is 1. The van der Waals surface area contributed by atoms with E-state index in [1.807, 2.05) is 0 Å². The molecular formula is C17H27ClN2O4S. The lowest BCUT2D eigenvalue weighted by Crippen LogP contribution is -2.48. The topological polar surface area (TPSA) is 84.5 Å². The highest BCUT2D eigenvalue weighted by molar-refractivity contribution is 7.90. The van der Waals surface area contributed by atoms with Gasteiger partial charge in [0.2, 0.25) is 5.91 Å². The number of ether oxygens (including phenoxy) is 1. The van der Waals surface area contributed by atoms with Crippen molar-refractivity contribution in [1.29, 1.82) is 0 Å². The van der Waals surface area contributed by atoms with Gasteiger partial charge in [-0.25, -0.2) is 8.42 Å². The molecule has 1 fully saturated rings. The fraction of sp³-hybridized carbons (Fsp3) is 0.588. The van der Waals surface area contributed by atoms with Crippen molar-refractivity contribution >= 4 is 28.2 Å². The molecule has 1 heterocycles. The first-order valence-electron chi connectivity index (χ1n) is 8.29. The van der Waals surface area contributed by atoms with Crippen LogP contribution in [-0.4, -0.2) is 46.3 Å². The van der Waals surface area contributed by atoms with Crippen LogP contribution in [0.5, 0.6) is 5.75 Å². The van der Waals surface area contributed by atoms with E-state index in [2.05, 4.69) is 17.6 Å². The average molecular weight is 391 g/mol. The standard InChI is InChI=1S/C17H26N2O4S.ClH/c1-13-12-18-10-9-16(13)19-17(20)4-3-11-23-14-5-7-15(8-6-14)24(2,21)22;/h5-8,13,16,18H,3-4,9-12H2,1-2H3,(H,19,20);1H. The number of benzene rings is 1. The Balaban J connectivity index is 0.00000312. The molecule has 2 atom stereocenters. The minimum atomic E-state index is -3.19. The van der Waals surface area contributed by atoms with Crippen molar-refractivity contribution in [2.24, 2.45) is 5.92 Å². The van der Waals surface area contributed by atoms with Crippen LogP contribution in [0.4, 0.5) is 0 Å². The van der Waals surface area contributed by atoms with Crippen LogP contribution >= 0.6 is 12.4 Å². The van der Waals surface area contributed by atoms with Crippen LogP contribution in [0.3, 0.4) is 0 Å². The maximum absolute atomic E-state index is 12.0. The van der Waals surface area contributed by atoms with E-state index in [-0.39, 0.29) is 29.3 Å². The van der Waals surface area contributed by atoms with Gasteiger partial charge < -0.3 is 15.4 Å². The van der Waals surface area contributed by atoms with Crippen molar-refractivity contribution in [1.82, 2.24) is 10.6 Å². The highest BCUT2D eigenvalue weighted by Gasteiger charge is 2.22. The predicted octanol–water partition coefficient (Wildman–Crippen LogP) is 1.79. The van der Waals surface area contributed by atoms with Gasteiger partial charge in [-0.15, -0.1) is 12.4 Å². The summed E-state index contributed by atoms with van der Waals surface area (Å²) >= 11 is 0. The van der Waals surface area contributed by atoms with Crippen molar-refractivity contribution in [3.05, 3.63) is 24.3 Å². The molecule has 25 heavy (non-hydrogen) atoms. The molecule has 1 aliphatic heterocycles. The highest BCUT2D eigenvalue weighted by atomic mass is 35.5. The molecule has 0 aromatic heterocycles. The summed E-state index contributed by atoms with van der Waals surface area (Å²) in [6.45, 7) is 4.45. The molecule has 1 saturated heterocycles. The Hall–Kier alpha value is -1.31. The lowest BCUT2D eigenvalue weighted by atomic mass is 9.95. The number of hydrogen-bond donors (Lipinski definition) is 2. The summed E-state index contributed by atoms with van der Waals surface area (Å²) in [4.78, 5) is 12.2. The molecule has 0 saturated carbocycles. The molecule has 0 spiro atoms. The van der Waals surface area contributed by atoms with Crippen LogP contribution < -0.4 is 15.4 Å². The van der Waals surface area contributed by atoms with Gasteiger partial charge in [0.15, 0.2) is 9.84 Å². The molecule has 1 aromatic carbocycles. The van der Waals surface area contributed by atoms with Crippen LogP contribution in [0.2, 0.25) is 0 Å². The first-order chi connectivity index (χ1) is 11.4. The largest absolute Gasteiger partial charge is 0.494 e. The molecule has 1 aliphatic rings. The Bertz CT molecular complexity index is 649. The zero-order chi connectivity index (χ0) is 17.6. The number of sulfone groups is 1. The highest BCUT2D eigenvalue weighted by Crippen LogP contribution is 2.16. The Kier molecular flexibility index (Phi) is 8.68. The average Bonchev–Trinajstić information content (AvgIpc) is 2.53. The van der Waals surface area contributed by atoms with E-state index < -0.39 is 9.84 Å². The van der Waals surface area contributed by atoms with Crippen molar-refractivity contribution < 1.29 is 17.9 Å². The van der Waals surface area contributed by atoms with Crippen molar-refractivity contribution in [3.63, 3.8) is 0 Å². The first-order valence-corrected chi connectivity index (χ1v) is 10.2. The number of carbonyl (C=O) groups excluding carboxylic acids is 1. The summed E-state index contributed by atoms with van der Waals surface area (Å²) in [6, 6.07) is 6.56. The Morgan fingerprint density at radius 2 is 2.00 bits per heavy atom. The second-order valence-electron chi connectivity index (χ2n) is 6.34. The quantitative estimate of drug-likeness (QED) is 0.693. The van der Waals surface area contributed by atoms with Crippen molar-refractivity contribution in [3.8, 4) is 5.75 Å². The molecular weight excluding hydrogens is 364 g/mol. The summed E-state index contributed by atoms with van der Waals surface area (Å²) in [5.74, 6) is 1.12. The van der Waals surface area contributed by atoms with Gasteiger partial charge in [0.1, 0.15) is 5.75 Å². The van der Waals surface area contributed by atoms with E-state index in [9.17, 15) is 13.2 Å². The normalized spacial score (nSPS) is 20.4. The zero-order valence-corrected chi connectivity index (χ0v) is 16.3.